The zero-order valence-electron chi connectivity index (χ0n) is 16.0. The third-order valence-electron chi connectivity index (χ3n) is 4.94. The molecule has 3 heteroatoms. The highest BCUT2D eigenvalue weighted by molar-refractivity contribution is 5.93. The fourth-order valence-electron chi connectivity index (χ4n) is 3.64. The zero-order valence-corrected chi connectivity index (χ0v) is 16.0. The van der Waals surface area contributed by atoms with Gasteiger partial charge >= 0.3 is 0 Å². The van der Waals surface area contributed by atoms with E-state index < -0.39 is 0 Å². The van der Waals surface area contributed by atoms with Gasteiger partial charge < -0.3 is 9.88 Å². The summed E-state index contributed by atoms with van der Waals surface area (Å²) in [4.78, 5) is 12.2. The summed E-state index contributed by atoms with van der Waals surface area (Å²) in [6.07, 6.45) is 10.9. The maximum absolute atomic E-state index is 12.2. The zero-order chi connectivity index (χ0) is 18.2. The van der Waals surface area contributed by atoms with E-state index in [4.69, 9.17) is 0 Å². The molecule has 25 heavy (non-hydrogen) atoms. The Kier molecular flexibility index (Phi) is 7.30. The predicted molar refractivity (Wildman–Crippen MR) is 109 cm³/mol. The lowest BCUT2D eigenvalue weighted by molar-refractivity contribution is 0.458. The topological polar surface area (TPSA) is 34.0 Å². The number of benzene rings is 1. The van der Waals surface area contributed by atoms with Crippen molar-refractivity contribution < 1.29 is 0 Å². The number of pyridine rings is 1. The van der Waals surface area contributed by atoms with Crippen molar-refractivity contribution >= 4 is 16.5 Å². The van der Waals surface area contributed by atoms with Crippen molar-refractivity contribution in [3.8, 4) is 0 Å². The molecule has 3 rings (SSSR count). The highest BCUT2D eigenvalue weighted by atomic mass is 16.1. The molecule has 1 heterocycles. The minimum atomic E-state index is 0.0422. The standard InChI is InChI=1S/C20H26N2O.C2H6/c1-15(14-16-8-5-3-4-6-9-16)21-19-11-7-10-18-17(19)12-13-22(2)20(18)23;1-2/h7,10-13,16,21H,1,3-6,8-9,14H2,2H3;1-2H3. The van der Waals surface area contributed by atoms with Crippen molar-refractivity contribution in [2.24, 2.45) is 13.0 Å². The Balaban J connectivity index is 0.00000109. The molecule has 1 saturated carbocycles. The minimum Gasteiger partial charge on any atom is -0.359 e. The van der Waals surface area contributed by atoms with Gasteiger partial charge in [0.15, 0.2) is 0 Å². The van der Waals surface area contributed by atoms with E-state index in [2.05, 4.69) is 11.9 Å². The molecule has 1 N–H and O–H groups in total. The first-order valence-corrected chi connectivity index (χ1v) is 9.68. The van der Waals surface area contributed by atoms with E-state index in [-0.39, 0.29) is 5.56 Å². The highest BCUT2D eigenvalue weighted by Crippen LogP contribution is 2.29. The molecule has 0 radical (unpaired) electrons. The molecule has 1 aliphatic rings. The van der Waals surface area contributed by atoms with Gasteiger partial charge in [0.05, 0.1) is 0 Å². The van der Waals surface area contributed by atoms with Crippen LogP contribution >= 0.6 is 0 Å². The van der Waals surface area contributed by atoms with E-state index in [1.54, 1.807) is 11.6 Å². The van der Waals surface area contributed by atoms with Crippen LogP contribution in [0.5, 0.6) is 0 Å². The Labute approximate surface area is 151 Å². The molecule has 1 fully saturated rings. The van der Waals surface area contributed by atoms with Crippen LogP contribution in [0.3, 0.4) is 0 Å². The number of rotatable bonds is 4. The molecular formula is C22H32N2O. The van der Waals surface area contributed by atoms with Gasteiger partial charge in [0, 0.05) is 35.4 Å². The molecule has 0 unspecified atom stereocenters. The molecular weight excluding hydrogens is 308 g/mol. The van der Waals surface area contributed by atoms with Gasteiger partial charge in [0.25, 0.3) is 5.56 Å². The van der Waals surface area contributed by atoms with Crippen molar-refractivity contribution in [2.45, 2.75) is 58.8 Å². The van der Waals surface area contributed by atoms with E-state index in [9.17, 15) is 4.79 Å². The molecule has 0 saturated heterocycles. The molecule has 0 amide bonds. The van der Waals surface area contributed by atoms with Crippen molar-refractivity contribution in [3.63, 3.8) is 0 Å². The summed E-state index contributed by atoms with van der Waals surface area (Å²) in [5.41, 5.74) is 2.09. The fourth-order valence-corrected chi connectivity index (χ4v) is 3.64. The van der Waals surface area contributed by atoms with E-state index in [1.807, 2.05) is 44.3 Å². The summed E-state index contributed by atoms with van der Waals surface area (Å²) in [5, 5.41) is 5.18. The van der Waals surface area contributed by atoms with Crippen LogP contribution in [0.1, 0.15) is 58.8 Å². The van der Waals surface area contributed by atoms with Crippen LogP contribution < -0.4 is 10.9 Å². The van der Waals surface area contributed by atoms with Gasteiger partial charge in [-0.15, -0.1) is 0 Å². The second kappa shape index (κ2) is 9.45. The van der Waals surface area contributed by atoms with Crippen LogP contribution in [0.25, 0.3) is 10.8 Å². The first-order chi connectivity index (χ1) is 12.1. The number of aromatic nitrogens is 1. The minimum absolute atomic E-state index is 0.0422. The average Bonchev–Trinajstić information content (AvgIpc) is 2.89. The van der Waals surface area contributed by atoms with Gasteiger partial charge in [-0.2, -0.15) is 0 Å². The summed E-state index contributed by atoms with van der Waals surface area (Å²) in [7, 11) is 1.78. The molecule has 0 aliphatic heterocycles. The maximum atomic E-state index is 12.2. The van der Waals surface area contributed by atoms with Crippen molar-refractivity contribution in [1.29, 1.82) is 0 Å². The lowest BCUT2D eigenvalue weighted by atomic mass is 9.95. The van der Waals surface area contributed by atoms with Gasteiger partial charge in [0.2, 0.25) is 0 Å². The summed E-state index contributed by atoms with van der Waals surface area (Å²) < 4.78 is 1.62. The number of hydrogen-bond donors (Lipinski definition) is 1. The molecule has 0 spiro atoms. The third-order valence-corrected chi connectivity index (χ3v) is 4.94. The van der Waals surface area contributed by atoms with Crippen LogP contribution in [0.15, 0.2) is 47.5 Å². The monoisotopic (exact) mass is 340 g/mol. The lowest BCUT2D eigenvalue weighted by Crippen LogP contribution is -2.16. The number of aryl methyl sites for hydroxylation is 1. The van der Waals surface area contributed by atoms with Crippen molar-refractivity contribution in [1.82, 2.24) is 4.57 Å². The predicted octanol–water partition coefficient (Wildman–Crippen LogP) is 5.85. The van der Waals surface area contributed by atoms with E-state index in [0.717, 1.165) is 34.5 Å². The number of allylic oxidation sites excluding steroid dienone is 1. The van der Waals surface area contributed by atoms with Gasteiger partial charge in [-0.05, 0) is 30.5 Å². The largest absolute Gasteiger partial charge is 0.359 e. The Morgan fingerprint density at radius 2 is 1.80 bits per heavy atom. The molecule has 0 bridgehead atoms. The average molecular weight is 341 g/mol. The first-order valence-electron chi connectivity index (χ1n) is 9.68. The normalized spacial score (nSPS) is 15.2. The van der Waals surface area contributed by atoms with Crippen LogP contribution in [-0.2, 0) is 7.05 Å². The van der Waals surface area contributed by atoms with E-state index in [1.165, 1.54) is 38.5 Å². The van der Waals surface area contributed by atoms with Crippen LogP contribution in [0, 0.1) is 5.92 Å². The second-order valence-corrected chi connectivity index (χ2v) is 6.79. The number of fused-ring (bicyclic) bond motifs is 1. The summed E-state index contributed by atoms with van der Waals surface area (Å²) in [6, 6.07) is 7.85. The molecule has 1 aromatic carbocycles. The van der Waals surface area contributed by atoms with Crippen LogP contribution in [-0.4, -0.2) is 4.57 Å². The Hall–Kier alpha value is -2.03. The molecule has 3 nitrogen and oxygen atoms in total. The molecule has 0 atom stereocenters. The fraction of sp³-hybridized carbons (Fsp3) is 0.500. The Bertz CT molecular complexity index is 752. The quantitative estimate of drug-likeness (QED) is 0.708. The van der Waals surface area contributed by atoms with Crippen molar-refractivity contribution in [2.75, 3.05) is 5.32 Å². The summed E-state index contributed by atoms with van der Waals surface area (Å²) in [5.74, 6) is 0.750. The molecule has 1 aliphatic carbocycles. The van der Waals surface area contributed by atoms with Gasteiger partial charge in [-0.1, -0.05) is 65.0 Å². The summed E-state index contributed by atoms with van der Waals surface area (Å²) >= 11 is 0. The molecule has 2 aromatic rings. The van der Waals surface area contributed by atoms with E-state index in [0.29, 0.717) is 0 Å². The smallest absolute Gasteiger partial charge is 0.258 e. The van der Waals surface area contributed by atoms with Gasteiger partial charge in [0.1, 0.15) is 0 Å². The number of nitrogens with zero attached hydrogens (tertiary/aromatic N) is 1. The van der Waals surface area contributed by atoms with E-state index >= 15 is 0 Å². The SMILES string of the molecule is C=C(CC1CCCCCC1)Nc1cccc2c(=O)n(C)ccc12.CC. The molecule has 136 valence electrons. The van der Waals surface area contributed by atoms with Gasteiger partial charge in [-0.25, -0.2) is 0 Å². The molecule has 1 aromatic heterocycles. The van der Waals surface area contributed by atoms with Crippen LogP contribution in [0.4, 0.5) is 5.69 Å². The third kappa shape index (κ3) is 4.97. The second-order valence-electron chi connectivity index (χ2n) is 6.79. The Morgan fingerprint density at radius 3 is 2.48 bits per heavy atom. The van der Waals surface area contributed by atoms with Crippen molar-refractivity contribution in [3.05, 3.63) is 53.1 Å². The Morgan fingerprint density at radius 1 is 1.12 bits per heavy atom. The highest BCUT2D eigenvalue weighted by Gasteiger charge is 2.14. The summed E-state index contributed by atoms with van der Waals surface area (Å²) in [6.45, 7) is 8.23. The first kappa shape index (κ1) is 19.3. The van der Waals surface area contributed by atoms with Crippen LogP contribution in [0.2, 0.25) is 0 Å². The maximum Gasteiger partial charge on any atom is 0.258 e. The number of anilines is 1. The number of nitrogens with one attached hydrogen (secondary N) is 1. The number of hydrogen-bond acceptors (Lipinski definition) is 2. The van der Waals surface area contributed by atoms with Gasteiger partial charge in [-0.3, -0.25) is 4.79 Å². The lowest BCUT2D eigenvalue weighted by Gasteiger charge is -2.18.